The largest absolute Gasteiger partial charge is 0.497 e. The number of ether oxygens (including phenoxy) is 2. The van der Waals surface area contributed by atoms with Gasteiger partial charge in [-0.2, -0.15) is 5.26 Å². The summed E-state index contributed by atoms with van der Waals surface area (Å²) < 4.78 is 10.6. The molecule has 0 bridgehead atoms. The summed E-state index contributed by atoms with van der Waals surface area (Å²) in [6.45, 7) is 5.32. The van der Waals surface area contributed by atoms with Crippen LogP contribution < -0.4 is 9.47 Å². The van der Waals surface area contributed by atoms with E-state index in [9.17, 15) is 0 Å². The predicted octanol–water partition coefficient (Wildman–Crippen LogP) is 2.69. The van der Waals surface area contributed by atoms with Gasteiger partial charge < -0.3 is 14.4 Å². The summed E-state index contributed by atoms with van der Waals surface area (Å²) in [6, 6.07) is 8.10. The summed E-state index contributed by atoms with van der Waals surface area (Å²) >= 11 is 0. The quantitative estimate of drug-likeness (QED) is 0.790. The first-order chi connectivity index (χ1) is 8.91. The average molecular weight is 262 g/mol. The number of hydrogen-bond acceptors (Lipinski definition) is 4. The molecule has 104 valence electrons. The van der Waals surface area contributed by atoms with Gasteiger partial charge in [-0.3, -0.25) is 0 Å². The first-order valence-corrected chi connectivity index (χ1v) is 6.22. The molecule has 0 saturated heterocycles. The summed E-state index contributed by atoms with van der Waals surface area (Å²) in [5.74, 6) is 1.58. The Kier molecular flexibility index (Phi) is 5.20. The lowest BCUT2D eigenvalue weighted by Gasteiger charge is -2.25. The Balaban J connectivity index is 2.79. The lowest BCUT2D eigenvalue weighted by atomic mass is 9.95. The molecule has 0 saturated carbocycles. The fourth-order valence-electron chi connectivity index (χ4n) is 2.04. The Morgan fingerprint density at radius 2 is 1.95 bits per heavy atom. The van der Waals surface area contributed by atoms with Crippen molar-refractivity contribution < 1.29 is 9.47 Å². The number of rotatable bonds is 6. The average Bonchev–Trinajstić information content (AvgIpc) is 2.38. The molecule has 0 amide bonds. The molecule has 0 unspecified atom stereocenters. The van der Waals surface area contributed by atoms with Crippen molar-refractivity contribution in [1.82, 2.24) is 4.90 Å². The minimum atomic E-state index is -0.353. The van der Waals surface area contributed by atoms with E-state index >= 15 is 0 Å². The van der Waals surface area contributed by atoms with E-state index in [4.69, 9.17) is 14.7 Å². The second kappa shape index (κ2) is 6.44. The van der Waals surface area contributed by atoms with Crippen molar-refractivity contribution in [1.29, 1.82) is 5.26 Å². The second-order valence-corrected chi connectivity index (χ2v) is 5.35. The molecule has 19 heavy (non-hydrogen) atoms. The van der Waals surface area contributed by atoms with Crippen molar-refractivity contribution in [3.05, 3.63) is 23.8 Å². The van der Waals surface area contributed by atoms with Crippen molar-refractivity contribution in [2.75, 3.05) is 27.8 Å². The molecule has 1 aromatic rings. The zero-order valence-corrected chi connectivity index (χ0v) is 12.4. The number of hydrogen-bond donors (Lipinski definition) is 0. The molecule has 0 aliphatic carbocycles. The third-order valence-electron chi connectivity index (χ3n) is 2.90. The smallest absolute Gasteiger partial charge is 0.127 e. The van der Waals surface area contributed by atoms with Crippen LogP contribution >= 0.6 is 0 Å². The molecule has 0 aliphatic heterocycles. The van der Waals surface area contributed by atoms with Gasteiger partial charge in [-0.15, -0.1) is 0 Å². The summed E-state index contributed by atoms with van der Waals surface area (Å²) in [4.78, 5) is 2.12. The van der Waals surface area contributed by atoms with Gasteiger partial charge in [0, 0.05) is 24.7 Å². The van der Waals surface area contributed by atoms with Gasteiger partial charge >= 0.3 is 0 Å². The highest BCUT2D eigenvalue weighted by atomic mass is 16.5. The van der Waals surface area contributed by atoms with Crippen LogP contribution in [0.25, 0.3) is 0 Å². The molecule has 0 fully saturated rings. The molecule has 0 atom stereocenters. The van der Waals surface area contributed by atoms with Gasteiger partial charge in [0.25, 0.3) is 0 Å². The van der Waals surface area contributed by atoms with Crippen LogP contribution in [-0.2, 0) is 6.54 Å². The number of nitrogens with zero attached hydrogens (tertiary/aromatic N) is 2. The molecule has 0 aromatic heterocycles. The lowest BCUT2D eigenvalue weighted by molar-refractivity contribution is 0.245. The van der Waals surface area contributed by atoms with Crippen LogP contribution in [0.15, 0.2) is 18.2 Å². The number of methoxy groups -OCH3 is 2. The van der Waals surface area contributed by atoms with Crippen molar-refractivity contribution in [3.63, 3.8) is 0 Å². The zero-order chi connectivity index (χ0) is 14.5. The van der Waals surface area contributed by atoms with E-state index in [1.807, 2.05) is 39.1 Å². The Bertz CT molecular complexity index is 464. The van der Waals surface area contributed by atoms with E-state index in [0.717, 1.165) is 23.6 Å². The Labute approximate surface area is 115 Å². The Morgan fingerprint density at radius 3 is 2.47 bits per heavy atom. The minimum Gasteiger partial charge on any atom is -0.497 e. The van der Waals surface area contributed by atoms with Crippen molar-refractivity contribution in [2.24, 2.45) is 5.41 Å². The summed E-state index contributed by atoms with van der Waals surface area (Å²) in [5.41, 5.74) is 0.730. The van der Waals surface area contributed by atoms with Crippen LogP contribution in [0.5, 0.6) is 11.5 Å². The fraction of sp³-hybridized carbons (Fsp3) is 0.533. The molecule has 0 N–H and O–H groups in total. The van der Waals surface area contributed by atoms with Crippen LogP contribution in [-0.4, -0.2) is 32.7 Å². The van der Waals surface area contributed by atoms with Gasteiger partial charge in [-0.1, -0.05) is 6.07 Å². The van der Waals surface area contributed by atoms with E-state index in [1.165, 1.54) is 0 Å². The maximum Gasteiger partial charge on any atom is 0.127 e. The molecule has 4 nitrogen and oxygen atoms in total. The SMILES string of the molecule is COc1ccc(CN(C)CC(C)(C)C#N)c(OC)c1. The van der Waals surface area contributed by atoms with E-state index in [0.29, 0.717) is 6.54 Å². The highest BCUT2D eigenvalue weighted by molar-refractivity contribution is 5.40. The molecule has 0 radical (unpaired) electrons. The molecular weight excluding hydrogens is 240 g/mol. The van der Waals surface area contributed by atoms with Crippen LogP contribution in [0.1, 0.15) is 19.4 Å². The molecular formula is C15H22N2O2. The standard InChI is InChI=1S/C15H22N2O2/c1-15(2,10-16)11-17(3)9-12-6-7-13(18-4)8-14(12)19-5/h6-8H,9,11H2,1-5H3. The van der Waals surface area contributed by atoms with Gasteiger partial charge in [0.1, 0.15) is 11.5 Å². The van der Waals surface area contributed by atoms with E-state index in [-0.39, 0.29) is 5.41 Å². The normalized spacial score (nSPS) is 11.2. The topological polar surface area (TPSA) is 45.5 Å². The van der Waals surface area contributed by atoms with Crippen LogP contribution in [0.2, 0.25) is 0 Å². The van der Waals surface area contributed by atoms with Gasteiger partial charge in [-0.05, 0) is 27.0 Å². The lowest BCUT2D eigenvalue weighted by Crippen LogP contribution is -2.30. The van der Waals surface area contributed by atoms with Crippen LogP contribution in [0.4, 0.5) is 0 Å². The summed E-state index contributed by atoms with van der Waals surface area (Å²) in [7, 11) is 5.29. The monoisotopic (exact) mass is 262 g/mol. The molecule has 0 spiro atoms. The van der Waals surface area contributed by atoms with Crippen LogP contribution in [0.3, 0.4) is 0 Å². The first kappa shape index (κ1) is 15.3. The Hall–Kier alpha value is -1.73. The van der Waals surface area contributed by atoms with Gasteiger partial charge in [0.15, 0.2) is 0 Å². The van der Waals surface area contributed by atoms with Crippen molar-refractivity contribution >= 4 is 0 Å². The van der Waals surface area contributed by atoms with E-state index in [1.54, 1.807) is 14.2 Å². The van der Waals surface area contributed by atoms with E-state index in [2.05, 4.69) is 11.0 Å². The number of benzene rings is 1. The van der Waals surface area contributed by atoms with Gasteiger partial charge in [0.2, 0.25) is 0 Å². The Morgan fingerprint density at radius 1 is 1.26 bits per heavy atom. The molecule has 1 aromatic carbocycles. The molecule has 4 heteroatoms. The molecule has 0 heterocycles. The highest BCUT2D eigenvalue weighted by Gasteiger charge is 2.19. The summed E-state index contributed by atoms with van der Waals surface area (Å²) in [5, 5.41) is 9.06. The summed E-state index contributed by atoms with van der Waals surface area (Å²) in [6.07, 6.45) is 0. The minimum absolute atomic E-state index is 0.353. The van der Waals surface area contributed by atoms with Crippen molar-refractivity contribution in [2.45, 2.75) is 20.4 Å². The maximum atomic E-state index is 9.06. The predicted molar refractivity (Wildman–Crippen MR) is 75.3 cm³/mol. The molecule has 0 aliphatic rings. The van der Waals surface area contributed by atoms with E-state index < -0.39 is 0 Å². The van der Waals surface area contributed by atoms with Gasteiger partial charge in [-0.25, -0.2) is 0 Å². The zero-order valence-electron chi connectivity index (χ0n) is 12.4. The first-order valence-electron chi connectivity index (χ1n) is 6.22. The fourth-order valence-corrected chi connectivity index (χ4v) is 2.04. The van der Waals surface area contributed by atoms with Crippen LogP contribution in [0, 0.1) is 16.7 Å². The number of nitriles is 1. The second-order valence-electron chi connectivity index (χ2n) is 5.35. The third kappa shape index (κ3) is 4.46. The third-order valence-corrected chi connectivity index (χ3v) is 2.90. The maximum absolute atomic E-state index is 9.06. The van der Waals surface area contributed by atoms with Gasteiger partial charge in [0.05, 0.1) is 25.7 Å². The van der Waals surface area contributed by atoms with Crippen molar-refractivity contribution in [3.8, 4) is 17.6 Å². The molecule has 1 rings (SSSR count). The highest BCUT2D eigenvalue weighted by Crippen LogP contribution is 2.26.